The van der Waals surface area contributed by atoms with E-state index < -0.39 is 28.2 Å². The van der Waals surface area contributed by atoms with Gasteiger partial charge in [0.15, 0.2) is 0 Å². The topological polar surface area (TPSA) is 108 Å². The molecular formula is C18H31BN4O4S. The van der Waals surface area contributed by atoms with Crippen LogP contribution in [0.1, 0.15) is 40.5 Å². The van der Waals surface area contributed by atoms with E-state index in [9.17, 15) is 8.42 Å². The molecule has 3 rings (SSSR count). The number of hydrogen-bond donors (Lipinski definition) is 1. The van der Waals surface area contributed by atoms with Crippen molar-refractivity contribution in [3.8, 4) is 0 Å². The SMILES string of the molecule is CC1(C)OB(c2cnc(S(=O)(=O)CC3CCCN(CCN)C3)nc2)OC1(C)C. The molecule has 2 aliphatic heterocycles. The maximum Gasteiger partial charge on any atom is 0.498 e. The zero-order valence-electron chi connectivity index (χ0n) is 17.2. The molecule has 0 spiro atoms. The van der Waals surface area contributed by atoms with Crippen molar-refractivity contribution in [2.24, 2.45) is 11.7 Å². The van der Waals surface area contributed by atoms with E-state index in [1.54, 1.807) is 0 Å². The van der Waals surface area contributed by atoms with Crippen molar-refractivity contribution in [2.75, 3.05) is 31.9 Å². The smallest absolute Gasteiger partial charge is 0.399 e. The van der Waals surface area contributed by atoms with Gasteiger partial charge < -0.3 is 19.9 Å². The zero-order chi connectivity index (χ0) is 20.6. The van der Waals surface area contributed by atoms with Gasteiger partial charge in [0.25, 0.3) is 0 Å². The summed E-state index contributed by atoms with van der Waals surface area (Å²) >= 11 is 0. The van der Waals surface area contributed by atoms with Gasteiger partial charge in [0.1, 0.15) is 0 Å². The quantitative estimate of drug-likeness (QED) is 0.524. The lowest BCUT2D eigenvalue weighted by Crippen LogP contribution is -2.41. The maximum atomic E-state index is 12.8. The van der Waals surface area contributed by atoms with Crippen molar-refractivity contribution in [2.45, 2.75) is 56.9 Å². The highest BCUT2D eigenvalue weighted by Gasteiger charge is 2.52. The Morgan fingerprint density at radius 2 is 1.82 bits per heavy atom. The highest BCUT2D eigenvalue weighted by Crippen LogP contribution is 2.36. The minimum atomic E-state index is -3.55. The van der Waals surface area contributed by atoms with Gasteiger partial charge >= 0.3 is 7.12 Å². The largest absolute Gasteiger partial charge is 0.498 e. The van der Waals surface area contributed by atoms with Crippen LogP contribution in [0, 0.1) is 5.92 Å². The molecule has 0 aromatic carbocycles. The Balaban J connectivity index is 1.67. The maximum absolute atomic E-state index is 12.8. The summed E-state index contributed by atoms with van der Waals surface area (Å²) in [6.07, 6.45) is 4.86. The predicted octanol–water partition coefficient (Wildman–Crippen LogP) is 0.220. The van der Waals surface area contributed by atoms with Crippen LogP contribution in [0.15, 0.2) is 17.6 Å². The molecule has 10 heteroatoms. The second kappa shape index (κ2) is 7.99. The van der Waals surface area contributed by atoms with Gasteiger partial charge in [-0.25, -0.2) is 18.4 Å². The van der Waals surface area contributed by atoms with Gasteiger partial charge in [-0.15, -0.1) is 0 Å². The Kier molecular flexibility index (Phi) is 6.17. The molecule has 156 valence electrons. The number of hydrogen-bond acceptors (Lipinski definition) is 8. The van der Waals surface area contributed by atoms with Crippen LogP contribution in [0.5, 0.6) is 0 Å². The molecular weight excluding hydrogens is 379 g/mol. The molecule has 1 aromatic rings. The fraction of sp³-hybridized carbons (Fsp3) is 0.778. The third-order valence-electron chi connectivity index (χ3n) is 5.96. The molecule has 0 bridgehead atoms. The fourth-order valence-electron chi connectivity index (χ4n) is 3.65. The Bertz CT molecular complexity index is 767. The summed E-state index contributed by atoms with van der Waals surface area (Å²) in [5.41, 5.74) is 5.29. The zero-order valence-corrected chi connectivity index (χ0v) is 18.0. The van der Waals surface area contributed by atoms with Gasteiger partial charge in [-0.1, -0.05) is 0 Å². The number of nitrogens with two attached hydrogens (primary N) is 1. The first-order valence-electron chi connectivity index (χ1n) is 9.87. The van der Waals surface area contributed by atoms with Gasteiger partial charge in [-0.05, 0) is 53.0 Å². The minimum absolute atomic E-state index is 0.0594. The lowest BCUT2D eigenvalue weighted by atomic mass is 9.81. The first-order valence-corrected chi connectivity index (χ1v) is 11.5. The lowest BCUT2D eigenvalue weighted by Gasteiger charge is -2.32. The summed E-state index contributed by atoms with van der Waals surface area (Å²) in [6, 6.07) is 0. The van der Waals surface area contributed by atoms with Crippen molar-refractivity contribution in [3.63, 3.8) is 0 Å². The highest BCUT2D eigenvalue weighted by atomic mass is 32.2. The molecule has 1 unspecified atom stereocenters. The molecule has 2 saturated heterocycles. The van der Waals surface area contributed by atoms with Crippen LogP contribution in [0.4, 0.5) is 0 Å². The van der Waals surface area contributed by atoms with E-state index in [1.807, 2.05) is 27.7 Å². The van der Waals surface area contributed by atoms with Crippen molar-refractivity contribution in [3.05, 3.63) is 12.4 Å². The molecule has 2 N–H and O–H groups in total. The number of aromatic nitrogens is 2. The molecule has 3 heterocycles. The molecule has 0 aliphatic carbocycles. The van der Waals surface area contributed by atoms with Crippen LogP contribution in [-0.2, 0) is 19.1 Å². The van der Waals surface area contributed by atoms with Gasteiger partial charge in [0, 0.05) is 37.5 Å². The molecule has 2 aliphatic rings. The Morgan fingerprint density at radius 1 is 1.21 bits per heavy atom. The lowest BCUT2D eigenvalue weighted by molar-refractivity contribution is 0.00578. The van der Waals surface area contributed by atoms with Gasteiger partial charge in [0.05, 0.1) is 17.0 Å². The van der Waals surface area contributed by atoms with E-state index >= 15 is 0 Å². The summed E-state index contributed by atoms with van der Waals surface area (Å²) in [5.74, 6) is 0.140. The van der Waals surface area contributed by atoms with Crippen LogP contribution in [0.2, 0.25) is 0 Å². The van der Waals surface area contributed by atoms with E-state index in [2.05, 4.69) is 14.9 Å². The first-order chi connectivity index (χ1) is 13.0. The third kappa shape index (κ3) is 4.57. The van der Waals surface area contributed by atoms with Crippen LogP contribution in [-0.4, -0.2) is 73.5 Å². The Morgan fingerprint density at radius 3 is 2.39 bits per heavy atom. The fourth-order valence-corrected chi connectivity index (χ4v) is 5.11. The van der Waals surface area contributed by atoms with E-state index in [0.717, 1.165) is 32.5 Å². The number of sulfone groups is 1. The van der Waals surface area contributed by atoms with Crippen LogP contribution in [0.25, 0.3) is 0 Å². The van der Waals surface area contributed by atoms with Crippen LogP contribution < -0.4 is 11.2 Å². The summed E-state index contributed by atoms with van der Waals surface area (Å²) in [5, 5.41) is -0.135. The summed E-state index contributed by atoms with van der Waals surface area (Å²) in [6.45, 7) is 11.0. The second-order valence-electron chi connectivity index (χ2n) is 8.77. The molecule has 1 aromatic heterocycles. The average Bonchev–Trinajstić information content (AvgIpc) is 2.83. The second-order valence-corrected chi connectivity index (χ2v) is 10.7. The molecule has 1 atom stereocenters. The van der Waals surface area contributed by atoms with Crippen molar-refractivity contribution >= 4 is 22.4 Å². The first kappa shape index (κ1) is 21.6. The van der Waals surface area contributed by atoms with Crippen molar-refractivity contribution < 1.29 is 17.7 Å². The van der Waals surface area contributed by atoms with Crippen molar-refractivity contribution in [1.29, 1.82) is 0 Å². The predicted molar refractivity (Wildman–Crippen MR) is 108 cm³/mol. The molecule has 8 nitrogen and oxygen atoms in total. The molecule has 0 saturated carbocycles. The molecule has 2 fully saturated rings. The molecule has 0 amide bonds. The van der Waals surface area contributed by atoms with E-state index in [-0.39, 0.29) is 16.8 Å². The number of nitrogens with zero attached hydrogens (tertiary/aromatic N) is 3. The molecule has 28 heavy (non-hydrogen) atoms. The summed E-state index contributed by atoms with van der Waals surface area (Å²) < 4.78 is 37.5. The highest BCUT2D eigenvalue weighted by molar-refractivity contribution is 7.91. The average molecular weight is 410 g/mol. The number of rotatable bonds is 6. The van der Waals surface area contributed by atoms with Crippen LogP contribution in [0.3, 0.4) is 0 Å². The third-order valence-corrected chi connectivity index (χ3v) is 7.63. The van der Waals surface area contributed by atoms with E-state index in [0.29, 0.717) is 12.0 Å². The van der Waals surface area contributed by atoms with Crippen LogP contribution >= 0.6 is 0 Å². The van der Waals surface area contributed by atoms with Gasteiger partial charge in [-0.3, -0.25) is 0 Å². The Hall–Kier alpha value is -1.07. The summed E-state index contributed by atoms with van der Waals surface area (Å²) in [4.78, 5) is 10.5. The minimum Gasteiger partial charge on any atom is -0.399 e. The molecule has 0 radical (unpaired) electrons. The Labute approximate surface area is 168 Å². The number of likely N-dealkylation sites (tertiary alicyclic amines) is 1. The standard InChI is InChI=1S/C18H31BN4O4S/c1-17(2)18(3,4)27-19(26-17)15-10-21-16(22-11-15)28(24,25)13-14-6-5-8-23(12-14)9-7-20/h10-11,14H,5-9,12-13,20H2,1-4H3. The number of piperidine rings is 1. The van der Waals surface area contributed by atoms with E-state index in [4.69, 9.17) is 15.0 Å². The normalized spacial score (nSPS) is 25.2. The monoisotopic (exact) mass is 410 g/mol. The van der Waals surface area contributed by atoms with Crippen molar-refractivity contribution in [1.82, 2.24) is 14.9 Å². The van der Waals surface area contributed by atoms with Gasteiger partial charge in [0.2, 0.25) is 15.0 Å². The van der Waals surface area contributed by atoms with Gasteiger partial charge in [-0.2, -0.15) is 0 Å². The summed E-state index contributed by atoms with van der Waals surface area (Å²) in [7, 11) is -4.15. The van der Waals surface area contributed by atoms with E-state index in [1.165, 1.54) is 12.4 Å².